The Kier molecular flexibility index (Phi) is 6.83. The zero-order valence-corrected chi connectivity index (χ0v) is 21.1. The second kappa shape index (κ2) is 9.80. The second-order valence-corrected chi connectivity index (χ2v) is 9.23. The van der Waals surface area contributed by atoms with Crippen molar-refractivity contribution >= 4 is 33.4 Å². The van der Waals surface area contributed by atoms with Gasteiger partial charge in [-0.15, -0.1) is 11.3 Å². The van der Waals surface area contributed by atoms with E-state index >= 15 is 0 Å². The third-order valence-corrected chi connectivity index (χ3v) is 6.61. The number of aryl methyl sites for hydroxylation is 2. The first-order valence-corrected chi connectivity index (χ1v) is 12.0. The highest BCUT2D eigenvalue weighted by Crippen LogP contribution is 2.33. The van der Waals surface area contributed by atoms with E-state index in [1.807, 2.05) is 41.4 Å². The molecule has 34 heavy (non-hydrogen) atoms. The van der Waals surface area contributed by atoms with Gasteiger partial charge < -0.3 is 14.8 Å². The number of pyridine rings is 1. The third-order valence-electron chi connectivity index (χ3n) is 5.86. The van der Waals surface area contributed by atoms with Crippen LogP contribution >= 0.6 is 11.3 Å². The molecular weight excluding hydrogens is 450 g/mol. The van der Waals surface area contributed by atoms with E-state index in [9.17, 15) is 4.79 Å². The van der Waals surface area contributed by atoms with Crippen molar-refractivity contribution in [3.05, 3.63) is 46.6 Å². The maximum absolute atomic E-state index is 12.7. The lowest BCUT2D eigenvalue weighted by atomic mass is 10.0. The molecule has 0 aliphatic rings. The molecule has 0 saturated carbocycles. The summed E-state index contributed by atoms with van der Waals surface area (Å²) in [7, 11) is 3.20. The Morgan fingerprint density at radius 2 is 1.91 bits per heavy atom. The van der Waals surface area contributed by atoms with E-state index in [4.69, 9.17) is 14.5 Å². The monoisotopic (exact) mass is 479 g/mol. The molecule has 3 aromatic heterocycles. The van der Waals surface area contributed by atoms with Crippen LogP contribution in [0.15, 0.2) is 29.8 Å². The van der Waals surface area contributed by atoms with Gasteiger partial charge >= 0.3 is 0 Å². The number of hydrogen-bond acceptors (Lipinski definition) is 7. The molecule has 0 spiro atoms. The zero-order valence-electron chi connectivity index (χ0n) is 20.3. The van der Waals surface area contributed by atoms with Crippen LogP contribution in [-0.2, 0) is 11.2 Å². The van der Waals surface area contributed by atoms with Crippen molar-refractivity contribution in [1.82, 2.24) is 19.7 Å². The Morgan fingerprint density at radius 1 is 1.15 bits per heavy atom. The number of rotatable bonds is 8. The van der Waals surface area contributed by atoms with Gasteiger partial charge in [-0.2, -0.15) is 5.10 Å². The molecule has 0 aliphatic heterocycles. The molecule has 0 atom stereocenters. The minimum atomic E-state index is -0.0787. The highest BCUT2D eigenvalue weighted by Gasteiger charge is 2.16. The normalized spacial score (nSPS) is 11.3. The van der Waals surface area contributed by atoms with Crippen LogP contribution in [0.1, 0.15) is 43.1 Å². The summed E-state index contributed by atoms with van der Waals surface area (Å²) < 4.78 is 12.6. The number of aromatic nitrogens is 4. The van der Waals surface area contributed by atoms with E-state index < -0.39 is 0 Å². The zero-order chi connectivity index (χ0) is 24.4. The molecule has 178 valence electrons. The maximum Gasteiger partial charge on any atom is 0.226 e. The third kappa shape index (κ3) is 4.61. The first-order chi connectivity index (χ1) is 16.3. The van der Waals surface area contributed by atoms with Crippen molar-refractivity contribution in [3.63, 3.8) is 0 Å². The predicted octanol–water partition coefficient (Wildman–Crippen LogP) is 5.34. The molecule has 1 aromatic carbocycles. The summed E-state index contributed by atoms with van der Waals surface area (Å²) in [4.78, 5) is 22.0. The fourth-order valence-electron chi connectivity index (χ4n) is 4.02. The number of carbonyl (C=O) groups excluding carboxylic acids is 1. The number of carbonyl (C=O) groups is 1. The van der Waals surface area contributed by atoms with Gasteiger partial charge in [0.05, 0.1) is 26.1 Å². The van der Waals surface area contributed by atoms with E-state index in [-0.39, 0.29) is 11.9 Å². The van der Waals surface area contributed by atoms with Crippen molar-refractivity contribution in [3.8, 4) is 22.8 Å². The van der Waals surface area contributed by atoms with Gasteiger partial charge in [0, 0.05) is 34.5 Å². The molecule has 4 aromatic rings. The molecule has 0 aliphatic carbocycles. The van der Waals surface area contributed by atoms with E-state index in [0.29, 0.717) is 29.5 Å². The summed E-state index contributed by atoms with van der Waals surface area (Å²) in [6.07, 6.45) is 2.82. The lowest BCUT2D eigenvalue weighted by Gasteiger charge is -2.12. The van der Waals surface area contributed by atoms with Crippen LogP contribution in [0.25, 0.3) is 22.3 Å². The number of hydrogen-bond donors (Lipinski definition) is 1. The molecule has 1 N–H and O–H groups in total. The van der Waals surface area contributed by atoms with Gasteiger partial charge in [0.15, 0.2) is 22.3 Å². The summed E-state index contributed by atoms with van der Waals surface area (Å²) in [5, 5.41) is 10.9. The fraction of sp³-hybridized carbons (Fsp3) is 0.360. The number of nitrogens with zero attached hydrogens (tertiary/aromatic N) is 4. The van der Waals surface area contributed by atoms with Crippen LogP contribution < -0.4 is 14.8 Å². The van der Waals surface area contributed by atoms with Crippen LogP contribution in [0.3, 0.4) is 0 Å². The number of amides is 1. The average Bonchev–Trinajstić information content (AvgIpc) is 3.45. The number of anilines is 1. The molecule has 0 bridgehead atoms. The topological polar surface area (TPSA) is 91.2 Å². The minimum absolute atomic E-state index is 0.0787. The number of methoxy groups -OCH3 is 2. The average molecular weight is 480 g/mol. The summed E-state index contributed by atoms with van der Waals surface area (Å²) in [5.74, 6) is 1.21. The first-order valence-electron chi connectivity index (χ1n) is 11.1. The Labute approximate surface area is 203 Å². The molecule has 8 nitrogen and oxygen atoms in total. The maximum atomic E-state index is 12.7. The summed E-state index contributed by atoms with van der Waals surface area (Å²) in [6.45, 7) is 8.25. The Balaban J connectivity index is 1.44. The van der Waals surface area contributed by atoms with E-state index in [2.05, 4.69) is 36.2 Å². The fourth-order valence-corrected chi connectivity index (χ4v) is 4.75. The SMILES string of the molecule is COc1ccc(-c2csc(NC(=O)CCc3c(C)nc4c(cnn4C(C)C)c3C)n2)cc1OC. The summed E-state index contributed by atoms with van der Waals surface area (Å²) in [6, 6.07) is 5.86. The minimum Gasteiger partial charge on any atom is -0.493 e. The molecule has 9 heteroatoms. The molecule has 0 saturated heterocycles. The van der Waals surface area contributed by atoms with Crippen LogP contribution in [0, 0.1) is 13.8 Å². The standard InChI is InChI=1S/C25H29N5O3S/c1-14(2)30-24-19(12-26-30)15(3)18(16(4)27-24)8-10-23(31)29-25-28-20(13-34-25)17-7-9-21(32-5)22(11-17)33-6/h7,9,11-14H,8,10H2,1-6H3,(H,28,29,31). The molecular formula is C25H29N5O3S. The molecule has 3 heterocycles. The van der Waals surface area contributed by atoms with Gasteiger partial charge in [0.25, 0.3) is 0 Å². The van der Waals surface area contributed by atoms with Gasteiger partial charge in [-0.3, -0.25) is 4.79 Å². The number of ether oxygens (including phenoxy) is 2. The van der Waals surface area contributed by atoms with Gasteiger partial charge in [0.2, 0.25) is 5.91 Å². The lowest BCUT2D eigenvalue weighted by molar-refractivity contribution is -0.116. The van der Waals surface area contributed by atoms with Gasteiger partial charge in [-0.05, 0) is 63.4 Å². The van der Waals surface area contributed by atoms with Crippen molar-refractivity contribution in [2.75, 3.05) is 19.5 Å². The smallest absolute Gasteiger partial charge is 0.226 e. The highest BCUT2D eigenvalue weighted by atomic mass is 32.1. The number of fused-ring (bicyclic) bond motifs is 1. The molecule has 0 fully saturated rings. The van der Waals surface area contributed by atoms with Gasteiger partial charge in [-0.1, -0.05) is 0 Å². The highest BCUT2D eigenvalue weighted by molar-refractivity contribution is 7.14. The Hall–Kier alpha value is -3.46. The van der Waals surface area contributed by atoms with Crippen molar-refractivity contribution in [2.45, 2.75) is 46.6 Å². The number of nitrogens with one attached hydrogen (secondary N) is 1. The number of benzene rings is 1. The van der Waals surface area contributed by atoms with Gasteiger partial charge in [-0.25, -0.2) is 14.6 Å². The number of thiazole rings is 1. The molecule has 0 radical (unpaired) electrons. The largest absolute Gasteiger partial charge is 0.493 e. The van der Waals surface area contributed by atoms with Crippen molar-refractivity contribution < 1.29 is 14.3 Å². The van der Waals surface area contributed by atoms with E-state index in [1.54, 1.807) is 14.2 Å². The van der Waals surface area contributed by atoms with Crippen LogP contribution in [-0.4, -0.2) is 39.9 Å². The summed E-state index contributed by atoms with van der Waals surface area (Å²) >= 11 is 1.39. The lowest BCUT2D eigenvalue weighted by Crippen LogP contribution is -2.13. The van der Waals surface area contributed by atoms with E-state index in [1.165, 1.54) is 11.3 Å². The van der Waals surface area contributed by atoms with Crippen molar-refractivity contribution in [1.29, 1.82) is 0 Å². The first kappa shape index (κ1) is 23.7. The Bertz CT molecular complexity index is 1340. The summed E-state index contributed by atoms with van der Waals surface area (Å²) in [5.41, 5.74) is 5.71. The van der Waals surface area contributed by atoms with Crippen LogP contribution in [0.2, 0.25) is 0 Å². The van der Waals surface area contributed by atoms with Crippen LogP contribution in [0.5, 0.6) is 11.5 Å². The Morgan fingerprint density at radius 3 is 2.62 bits per heavy atom. The second-order valence-electron chi connectivity index (χ2n) is 8.38. The van der Waals surface area contributed by atoms with Crippen molar-refractivity contribution in [2.24, 2.45) is 0 Å². The quantitative estimate of drug-likeness (QED) is 0.367. The van der Waals surface area contributed by atoms with Gasteiger partial charge in [0.1, 0.15) is 0 Å². The van der Waals surface area contributed by atoms with E-state index in [0.717, 1.165) is 39.1 Å². The molecule has 1 amide bonds. The predicted molar refractivity (Wildman–Crippen MR) is 135 cm³/mol. The van der Waals surface area contributed by atoms with Crippen LogP contribution in [0.4, 0.5) is 5.13 Å². The molecule has 0 unspecified atom stereocenters. The molecule has 4 rings (SSSR count).